The van der Waals surface area contributed by atoms with E-state index in [4.69, 9.17) is 9.47 Å². The Balaban J connectivity index is 1.87. The molecule has 1 heterocycles. The van der Waals surface area contributed by atoms with Crippen molar-refractivity contribution in [2.24, 2.45) is 11.8 Å². The van der Waals surface area contributed by atoms with Crippen LogP contribution >= 0.6 is 0 Å². The highest BCUT2D eigenvalue weighted by Gasteiger charge is 2.22. The molecule has 0 aromatic heterocycles. The first kappa shape index (κ1) is 17.6. The van der Waals surface area contributed by atoms with E-state index in [0.717, 1.165) is 31.8 Å². The zero-order chi connectivity index (χ0) is 16.7. The van der Waals surface area contributed by atoms with Gasteiger partial charge in [-0.25, -0.2) is 0 Å². The van der Waals surface area contributed by atoms with E-state index in [1.165, 1.54) is 6.42 Å². The zero-order valence-corrected chi connectivity index (χ0v) is 14.6. The Kier molecular flexibility index (Phi) is 6.75. The number of benzene rings is 1. The van der Waals surface area contributed by atoms with Crippen molar-refractivity contribution in [1.29, 1.82) is 0 Å². The molecule has 23 heavy (non-hydrogen) atoms. The van der Waals surface area contributed by atoms with Gasteiger partial charge in [0.05, 0.1) is 6.61 Å². The van der Waals surface area contributed by atoms with E-state index in [-0.39, 0.29) is 12.5 Å². The van der Waals surface area contributed by atoms with E-state index >= 15 is 0 Å². The maximum atomic E-state index is 12.4. The molecule has 4 nitrogen and oxygen atoms in total. The third kappa shape index (κ3) is 5.15. The van der Waals surface area contributed by atoms with Gasteiger partial charge in [-0.15, -0.1) is 0 Å². The molecule has 1 saturated heterocycles. The third-order valence-corrected chi connectivity index (χ3v) is 4.57. The number of hydrogen-bond donors (Lipinski definition) is 0. The van der Waals surface area contributed by atoms with Gasteiger partial charge >= 0.3 is 0 Å². The number of amides is 1. The minimum atomic E-state index is 0.0701. The zero-order valence-electron chi connectivity index (χ0n) is 14.6. The first-order chi connectivity index (χ1) is 11.1. The third-order valence-electron chi connectivity index (χ3n) is 4.57. The van der Waals surface area contributed by atoms with Crippen molar-refractivity contribution < 1.29 is 14.3 Å². The molecule has 1 fully saturated rings. The average molecular weight is 319 g/mol. The smallest absolute Gasteiger partial charge is 0.260 e. The molecule has 0 radical (unpaired) electrons. The van der Waals surface area contributed by atoms with Crippen LogP contribution < -0.4 is 9.47 Å². The molecule has 2 rings (SSSR count). The summed E-state index contributed by atoms with van der Waals surface area (Å²) in [5.74, 6) is 2.82. The number of likely N-dealkylation sites (tertiary alicyclic amines) is 1. The summed E-state index contributed by atoms with van der Waals surface area (Å²) in [6.45, 7) is 8.83. The second-order valence-corrected chi connectivity index (χ2v) is 6.48. The molecular weight excluding hydrogens is 290 g/mol. The fraction of sp³-hybridized carbons (Fsp3) is 0.632. The molecule has 1 atom stereocenters. The maximum absolute atomic E-state index is 12.4. The topological polar surface area (TPSA) is 38.8 Å². The summed E-state index contributed by atoms with van der Waals surface area (Å²) < 4.78 is 11.2. The first-order valence-corrected chi connectivity index (χ1v) is 8.74. The van der Waals surface area contributed by atoms with Crippen LogP contribution in [0.15, 0.2) is 24.3 Å². The van der Waals surface area contributed by atoms with Crippen molar-refractivity contribution >= 4 is 5.91 Å². The minimum absolute atomic E-state index is 0.0701. The molecule has 1 aromatic rings. The molecule has 1 aliphatic rings. The number of para-hydroxylation sites is 2. The SMILES string of the molecule is CCOc1ccccc1OCC(=O)N1CCCC(C(C)C)CC1. The summed E-state index contributed by atoms with van der Waals surface area (Å²) in [6.07, 6.45) is 3.40. The Bertz CT molecular complexity index is 501. The quantitative estimate of drug-likeness (QED) is 0.801. The van der Waals surface area contributed by atoms with Gasteiger partial charge < -0.3 is 14.4 Å². The molecule has 0 aliphatic carbocycles. The Hall–Kier alpha value is -1.71. The molecule has 1 amide bonds. The van der Waals surface area contributed by atoms with E-state index in [1.54, 1.807) is 0 Å². The normalized spacial score (nSPS) is 18.6. The fourth-order valence-corrected chi connectivity index (χ4v) is 3.11. The summed E-state index contributed by atoms with van der Waals surface area (Å²) in [5, 5.41) is 0. The fourth-order valence-electron chi connectivity index (χ4n) is 3.11. The lowest BCUT2D eigenvalue weighted by atomic mass is 9.89. The summed E-state index contributed by atoms with van der Waals surface area (Å²) in [7, 11) is 0. The summed E-state index contributed by atoms with van der Waals surface area (Å²) in [5.41, 5.74) is 0. The summed E-state index contributed by atoms with van der Waals surface area (Å²) in [6, 6.07) is 7.50. The van der Waals surface area contributed by atoms with Gasteiger partial charge in [0.1, 0.15) is 0 Å². The van der Waals surface area contributed by atoms with Crippen LogP contribution in [0.25, 0.3) is 0 Å². The van der Waals surface area contributed by atoms with Crippen LogP contribution in [-0.4, -0.2) is 37.1 Å². The van der Waals surface area contributed by atoms with Gasteiger partial charge in [0.15, 0.2) is 18.1 Å². The van der Waals surface area contributed by atoms with Crippen molar-refractivity contribution in [1.82, 2.24) is 4.90 Å². The Labute approximate surface area is 139 Å². The Morgan fingerprint density at radius 1 is 1.17 bits per heavy atom. The highest BCUT2D eigenvalue weighted by atomic mass is 16.5. The minimum Gasteiger partial charge on any atom is -0.490 e. The van der Waals surface area contributed by atoms with Gasteiger partial charge in [0.25, 0.3) is 5.91 Å². The van der Waals surface area contributed by atoms with E-state index < -0.39 is 0 Å². The second kappa shape index (κ2) is 8.80. The lowest BCUT2D eigenvalue weighted by Crippen LogP contribution is -2.35. The first-order valence-electron chi connectivity index (χ1n) is 8.74. The molecule has 0 bridgehead atoms. The number of hydrogen-bond acceptors (Lipinski definition) is 3. The molecule has 1 aromatic carbocycles. The van der Waals surface area contributed by atoms with E-state index in [0.29, 0.717) is 24.0 Å². The van der Waals surface area contributed by atoms with E-state index in [9.17, 15) is 4.79 Å². The Morgan fingerprint density at radius 2 is 1.87 bits per heavy atom. The average Bonchev–Trinajstić information content (AvgIpc) is 2.80. The largest absolute Gasteiger partial charge is 0.490 e. The van der Waals surface area contributed by atoms with Crippen LogP contribution in [0.4, 0.5) is 0 Å². The van der Waals surface area contributed by atoms with Gasteiger partial charge in [-0.3, -0.25) is 4.79 Å². The highest BCUT2D eigenvalue weighted by Crippen LogP contribution is 2.27. The van der Waals surface area contributed by atoms with E-state index in [2.05, 4.69) is 13.8 Å². The van der Waals surface area contributed by atoms with Crippen LogP contribution in [0, 0.1) is 11.8 Å². The van der Waals surface area contributed by atoms with Gasteiger partial charge in [-0.2, -0.15) is 0 Å². The maximum Gasteiger partial charge on any atom is 0.260 e. The molecule has 4 heteroatoms. The highest BCUT2D eigenvalue weighted by molar-refractivity contribution is 5.77. The van der Waals surface area contributed by atoms with Crippen molar-refractivity contribution in [2.45, 2.75) is 40.0 Å². The lowest BCUT2D eigenvalue weighted by Gasteiger charge is -2.22. The Morgan fingerprint density at radius 3 is 2.52 bits per heavy atom. The monoisotopic (exact) mass is 319 g/mol. The number of ether oxygens (including phenoxy) is 2. The molecule has 1 unspecified atom stereocenters. The second-order valence-electron chi connectivity index (χ2n) is 6.48. The summed E-state index contributed by atoms with van der Waals surface area (Å²) in [4.78, 5) is 14.4. The molecule has 1 aliphatic heterocycles. The standard InChI is InChI=1S/C19H29NO3/c1-4-22-17-9-5-6-10-18(17)23-14-19(21)20-12-7-8-16(11-13-20)15(2)3/h5-6,9-10,15-16H,4,7-8,11-14H2,1-3H3. The van der Waals surface area contributed by atoms with Crippen LogP contribution in [0.3, 0.4) is 0 Å². The lowest BCUT2D eigenvalue weighted by molar-refractivity contribution is -0.133. The molecular formula is C19H29NO3. The van der Waals surface area contributed by atoms with Crippen LogP contribution in [0.1, 0.15) is 40.0 Å². The molecule has 0 saturated carbocycles. The molecule has 0 spiro atoms. The van der Waals surface area contributed by atoms with Crippen molar-refractivity contribution in [3.05, 3.63) is 24.3 Å². The number of nitrogens with zero attached hydrogens (tertiary/aromatic N) is 1. The van der Waals surface area contributed by atoms with Crippen molar-refractivity contribution in [3.63, 3.8) is 0 Å². The van der Waals surface area contributed by atoms with Gasteiger partial charge in [0, 0.05) is 13.1 Å². The number of rotatable bonds is 6. The number of carbonyl (C=O) groups excluding carboxylic acids is 1. The molecule has 0 N–H and O–H groups in total. The predicted octanol–water partition coefficient (Wildman–Crippen LogP) is 3.75. The van der Waals surface area contributed by atoms with E-state index in [1.807, 2.05) is 36.1 Å². The summed E-state index contributed by atoms with van der Waals surface area (Å²) >= 11 is 0. The molecule has 128 valence electrons. The van der Waals surface area contributed by atoms with Crippen LogP contribution in [-0.2, 0) is 4.79 Å². The van der Waals surface area contributed by atoms with Gasteiger partial charge in [0.2, 0.25) is 0 Å². The van der Waals surface area contributed by atoms with Crippen molar-refractivity contribution in [3.8, 4) is 11.5 Å². The van der Waals surface area contributed by atoms with Crippen LogP contribution in [0.5, 0.6) is 11.5 Å². The number of carbonyl (C=O) groups is 1. The van der Waals surface area contributed by atoms with Crippen molar-refractivity contribution in [2.75, 3.05) is 26.3 Å². The van der Waals surface area contributed by atoms with Crippen LogP contribution in [0.2, 0.25) is 0 Å². The van der Waals surface area contributed by atoms with Gasteiger partial charge in [-0.1, -0.05) is 26.0 Å². The van der Waals surface area contributed by atoms with Gasteiger partial charge in [-0.05, 0) is 50.2 Å². The predicted molar refractivity (Wildman–Crippen MR) is 91.9 cm³/mol.